The van der Waals surface area contributed by atoms with E-state index < -0.39 is 25.7 Å². The van der Waals surface area contributed by atoms with Gasteiger partial charge >= 0.3 is 10.2 Å². The molecule has 1 rings (SSSR count). The Bertz CT molecular complexity index is 524. The minimum atomic E-state index is -4.92. The summed E-state index contributed by atoms with van der Waals surface area (Å²) in [5, 5.41) is 10.5. The number of nitro benzene ring substituents is 1. The van der Waals surface area contributed by atoms with Crippen molar-refractivity contribution in [1.82, 2.24) is 0 Å². The van der Waals surface area contributed by atoms with Gasteiger partial charge in [0.25, 0.3) is 5.69 Å². The van der Waals surface area contributed by atoms with E-state index in [-0.39, 0.29) is 11.1 Å². The molecule has 0 spiro atoms. The Morgan fingerprint density at radius 2 is 1.87 bits per heavy atom. The molecule has 0 fully saturated rings. The second-order valence-corrected chi connectivity index (χ2v) is 4.33. The molecule has 0 saturated carbocycles. The van der Waals surface area contributed by atoms with Crippen LogP contribution in [0.15, 0.2) is 17.0 Å². The number of halogens is 1. The minimum absolute atomic E-state index is 0.153. The highest BCUT2D eigenvalue weighted by Crippen LogP contribution is 2.29. The molecule has 82 valence electrons. The van der Waals surface area contributed by atoms with Crippen molar-refractivity contribution in [3.63, 3.8) is 0 Å². The fourth-order valence-electron chi connectivity index (χ4n) is 1.39. The lowest BCUT2D eigenvalue weighted by Crippen LogP contribution is -2.02. The number of nitro groups is 1. The van der Waals surface area contributed by atoms with Gasteiger partial charge in [-0.3, -0.25) is 10.1 Å². The van der Waals surface area contributed by atoms with Crippen molar-refractivity contribution in [3.8, 4) is 0 Å². The fraction of sp³-hybridized carbons (Fsp3) is 0.250. The maximum Gasteiger partial charge on any atom is 0.332 e. The molecule has 1 aromatic rings. The second-order valence-electron chi connectivity index (χ2n) is 3.05. The molecule has 0 heterocycles. The van der Waals surface area contributed by atoms with E-state index in [1.165, 1.54) is 19.9 Å². The van der Waals surface area contributed by atoms with Crippen molar-refractivity contribution < 1.29 is 17.2 Å². The van der Waals surface area contributed by atoms with Crippen molar-refractivity contribution >= 4 is 15.9 Å². The number of nitrogens with zero attached hydrogens (tertiary/aromatic N) is 1. The smallest absolute Gasteiger partial charge is 0.258 e. The van der Waals surface area contributed by atoms with Gasteiger partial charge in [-0.2, -0.15) is 8.42 Å². The van der Waals surface area contributed by atoms with Crippen molar-refractivity contribution in [2.75, 3.05) is 0 Å². The van der Waals surface area contributed by atoms with Crippen LogP contribution in [0.25, 0.3) is 0 Å². The van der Waals surface area contributed by atoms with Gasteiger partial charge in [0.05, 0.1) is 4.92 Å². The van der Waals surface area contributed by atoms with E-state index in [2.05, 4.69) is 0 Å². The van der Waals surface area contributed by atoms with Gasteiger partial charge in [-0.15, -0.1) is 3.89 Å². The highest BCUT2D eigenvalue weighted by molar-refractivity contribution is 7.86. The lowest BCUT2D eigenvalue weighted by molar-refractivity contribution is -0.385. The molecule has 0 atom stereocenters. The molecule has 5 nitrogen and oxygen atoms in total. The third kappa shape index (κ3) is 2.12. The molecule has 0 aliphatic carbocycles. The van der Waals surface area contributed by atoms with E-state index in [9.17, 15) is 22.4 Å². The van der Waals surface area contributed by atoms with E-state index in [1.54, 1.807) is 0 Å². The number of rotatable bonds is 2. The Hall–Kier alpha value is -1.50. The Morgan fingerprint density at radius 1 is 1.33 bits per heavy atom. The maximum absolute atomic E-state index is 12.8. The maximum atomic E-state index is 12.8. The second kappa shape index (κ2) is 3.58. The third-order valence-corrected chi connectivity index (χ3v) is 3.13. The highest BCUT2D eigenvalue weighted by Gasteiger charge is 2.24. The molecular formula is C8H8FNO4S. The Morgan fingerprint density at radius 3 is 2.27 bits per heavy atom. The largest absolute Gasteiger partial charge is 0.332 e. The van der Waals surface area contributed by atoms with Crippen LogP contribution in [0.3, 0.4) is 0 Å². The summed E-state index contributed by atoms with van der Waals surface area (Å²) < 4.78 is 34.4. The van der Waals surface area contributed by atoms with E-state index in [0.29, 0.717) is 0 Å². The van der Waals surface area contributed by atoms with Crippen LogP contribution in [-0.4, -0.2) is 13.3 Å². The number of hydrogen-bond acceptors (Lipinski definition) is 4. The molecule has 0 amide bonds. The van der Waals surface area contributed by atoms with Gasteiger partial charge in [-0.05, 0) is 19.4 Å². The van der Waals surface area contributed by atoms with Crippen LogP contribution in [0.2, 0.25) is 0 Å². The van der Waals surface area contributed by atoms with Crippen LogP contribution < -0.4 is 0 Å². The first-order valence-corrected chi connectivity index (χ1v) is 5.32. The van der Waals surface area contributed by atoms with Crippen LogP contribution in [0.1, 0.15) is 11.1 Å². The predicted molar refractivity (Wildman–Crippen MR) is 50.9 cm³/mol. The van der Waals surface area contributed by atoms with Crippen molar-refractivity contribution in [1.29, 1.82) is 0 Å². The Kier molecular flexibility index (Phi) is 2.76. The quantitative estimate of drug-likeness (QED) is 0.444. The van der Waals surface area contributed by atoms with Crippen LogP contribution in [0.5, 0.6) is 0 Å². The zero-order chi connectivity index (χ0) is 11.8. The molecule has 0 bridgehead atoms. The first kappa shape index (κ1) is 11.6. The molecular weight excluding hydrogens is 225 g/mol. The summed E-state index contributed by atoms with van der Waals surface area (Å²) in [5.74, 6) is 0. The van der Waals surface area contributed by atoms with Crippen molar-refractivity contribution in [2.45, 2.75) is 18.7 Å². The molecule has 7 heteroatoms. The van der Waals surface area contributed by atoms with Crippen LogP contribution in [0.4, 0.5) is 9.57 Å². The van der Waals surface area contributed by atoms with Gasteiger partial charge in [0.2, 0.25) is 0 Å². The summed E-state index contributed by atoms with van der Waals surface area (Å²) in [4.78, 5) is 9.14. The van der Waals surface area contributed by atoms with E-state index in [1.807, 2.05) is 0 Å². The molecule has 0 radical (unpaired) electrons. The van der Waals surface area contributed by atoms with Crippen LogP contribution >= 0.6 is 0 Å². The molecule has 0 saturated heterocycles. The van der Waals surface area contributed by atoms with E-state index in [0.717, 1.165) is 6.07 Å². The number of hydrogen-bond donors (Lipinski definition) is 0. The zero-order valence-electron chi connectivity index (χ0n) is 8.02. The summed E-state index contributed by atoms with van der Waals surface area (Å²) in [6.45, 7) is 2.58. The summed E-state index contributed by atoms with van der Waals surface area (Å²) in [7, 11) is -4.92. The molecule has 0 aliphatic rings. The van der Waals surface area contributed by atoms with Crippen molar-refractivity contribution in [2.24, 2.45) is 0 Å². The first-order valence-electron chi connectivity index (χ1n) is 3.94. The third-order valence-electron chi connectivity index (χ3n) is 2.01. The van der Waals surface area contributed by atoms with Crippen LogP contribution in [-0.2, 0) is 10.2 Å². The van der Waals surface area contributed by atoms with Gasteiger partial charge in [0.1, 0.15) is 4.90 Å². The van der Waals surface area contributed by atoms with Gasteiger partial charge in [0.15, 0.2) is 0 Å². The van der Waals surface area contributed by atoms with Gasteiger partial charge in [-0.1, -0.05) is 6.07 Å². The topological polar surface area (TPSA) is 77.3 Å². The SMILES string of the molecule is Cc1ccc([N+](=O)[O-])c(C)c1S(=O)(=O)F. The number of benzene rings is 1. The predicted octanol–water partition coefficient (Wildman–Crippen LogP) is 1.87. The summed E-state index contributed by atoms with van der Waals surface area (Å²) in [6.07, 6.45) is 0. The van der Waals surface area contributed by atoms with Crippen LogP contribution in [0, 0.1) is 24.0 Å². The lowest BCUT2D eigenvalue weighted by atomic mass is 10.1. The fourth-order valence-corrected chi connectivity index (χ4v) is 2.31. The Balaban J connectivity index is 3.66. The lowest BCUT2D eigenvalue weighted by Gasteiger charge is -2.05. The summed E-state index contributed by atoms with van der Waals surface area (Å²) in [5.41, 5.74) is -0.431. The molecule has 1 aromatic carbocycles. The zero-order valence-corrected chi connectivity index (χ0v) is 8.84. The van der Waals surface area contributed by atoms with Gasteiger partial charge in [0, 0.05) is 11.6 Å². The van der Waals surface area contributed by atoms with Gasteiger partial charge in [-0.25, -0.2) is 0 Å². The van der Waals surface area contributed by atoms with E-state index in [4.69, 9.17) is 0 Å². The van der Waals surface area contributed by atoms with Gasteiger partial charge < -0.3 is 0 Å². The van der Waals surface area contributed by atoms with Crippen molar-refractivity contribution in [3.05, 3.63) is 33.4 Å². The molecule has 15 heavy (non-hydrogen) atoms. The molecule has 0 unspecified atom stereocenters. The Labute approximate surface area is 85.9 Å². The standard InChI is InChI=1S/C8H8FNO4S/c1-5-3-4-7(10(11)12)6(2)8(5)15(9,13)14/h3-4H,1-2H3. The molecule has 0 N–H and O–H groups in total. The average molecular weight is 233 g/mol. The summed E-state index contributed by atoms with van der Waals surface area (Å²) in [6, 6.07) is 2.36. The minimum Gasteiger partial charge on any atom is -0.258 e. The normalized spacial score (nSPS) is 11.4. The van der Waals surface area contributed by atoms with E-state index >= 15 is 0 Å². The highest BCUT2D eigenvalue weighted by atomic mass is 32.3. The summed E-state index contributed by atoms with van der Waals surface area (Å²) >= 11 is 0. The first-order chi connectivity index (χ1) is 6.75. The number of aryl methyl sites for hydroxylation is 1. The monoisotopic (exact) mass is 233 g/mol. The molecule has 0 aliphatic heterocycles. The average Bonchev–Trinajstić information content (AvgIpc) is 2.00. The molecule has 0 aromatic heterocycles.